The minimum absolute atomic E-state index is 0.0262. The molecule has 4 atom stereocenters. The number of non-ortho nitro benzene ring substituents is 1. The van der Waals surface area contributed by atoms with Crippen LogP contribution >= 0.6 is 55.1 Å². The number of hydrazine groups is 1. The number of rotatable bonds is 8. The van der Waals surface area contributed by atoms with Crippen molar-refractivity contribution in [3.63, 3.8) is 0 Å². The summed E-state index contributed by atoms with van der Waals surface area (Å²) >= 11 is 19.4. The zero-order valence-corrected chi connectivity index (χ0v) is 27.6. The number of fused-ring (bicyclic) bond motifs is 1. The predicted octanol–water partition coefficient (Wildman–Crippen LogP) is 6.28. The smallest absolute Gasteiger partial charge is 0.343 e. The Bertz CT molecular complexity index is 1690. The van der Waals surface area contributed by atoms with Gasteiger partial charge in [-0.3, -0.25) is 29.3 Å². The number of nitrogens with zero attached hydrogens (tertiary/aromatic N) is 3. The van der Waals surface area contributed by atoms with Gasteiger partial charge in [0.25, 0.3) is 23.4 Å². The molecule has 0 unspecified atom stereocenters. The van der Waals surface area contributed by atoms with Crippen LogP contribution in [0.5, 0.6) is 5.75 Å². The molecule has 1 heterocycles. The fourth-order valence-corrected chi connectivity index (χ4v) is 6.90. The number of nitro groups is 1. The molecule has 5 rings (SSSR count). The van der Waals surface area contributed by atoms with Gasteiger partial charge in [-0.25, -0.2) is 9.80 Å². The molecular formula is C30H21Br2Cl2N3O8. The molecule has 3 amide bonds. The van der Waals surface area contributed by atoms with Crippen LogP contribution in [0, 0.1) is 22.0 Å². The average Bonchev–Trinajstić information content (AvgIpc) is 3.24. The lowest BCUT2D eigenvalue weighted by Crippen LogP contribution is -2.52. The number of imide groups is 1. The van der Waals surface area contributed by atoms with Gasteiger partial charge in [-0.15, -0.1) is 0 Å². The Morgan fingerprint density at radius 3 is 1.98 bits per heavy atom. The van der Waals surface area contributed by atoms with Crippen LogP contribution in [0.3, 0.4) is 0 Å². The average molecular weight is 782 g/mol. The summed E-state index contributed by atoms with van der Waals surface area (Å²) in [6, 6.07) is 14.4. The number of carbonyl (C=O) groups excluding carboxylic acids is 5. The summed E-state index contributed by atoms with van der Waals surface area (Å²) < 4.78 is 5.30. The first-order valence-corrected chi connectivity index (χ1v) is 16.0. The second-order valence-corrected chi connectivity index (χ2v) is 13.5. The van der Waals surface area contributed by atoms with Crippen molar-refractivity contribution in [2.45, 2.75) is 22.5 Å². The maximum Gasteiger partial charge on any atom is 0.343 e. The lowest BCUT2D eigenvalue weighted by molar-refractivity contribution is -0.384. The summed E-state index contributed by atoms with van der Waals surface area (Å²) in [6.45, 7) is -0.674. The summed E-state index contributed by atoms with van der Waals surface area (Å²) in [4.78, 5) is 77.0. The molecule has 232 valence electrons. The third kappa shape index (κ3) is 6.81. The number of ketones is 1. The summed E-state index contributed by atoms with van der Waals surface area (Å²) in [5.74, 6) is -4.68. The van der Waals surface area contributed by atoms with Crippen LogP contribution < -0.4 is 4.74 Å². The Morgan fingerprint density at radius 2 is 1.44 bits per heavy atom. The van der Waals surface area contributed by atoms with Crippen molar-refractivity contribution in [1.82, 2.24) is 10.0 Å². The first-order valence-electron chi connectivity index (χ1n) is 13.4. The monoisotopic (exact) mass is 779 g/mol. The van der Waals surface area contributed by atoms with Crippen molar-refractivity contribution in [3.8, 4) is 5.75 Å². The van der Waals surface area contributed by atoms with Gasteiger partial charge in [-0.1, -0.05) is 55.1 Å². The molecule has 2 aliphatic rings. The van der Waals surface area contributed by atoms with Gasteiger partial charge >= 0.3 is 5.97 Å². The molecule has 3 aromatic rings. The number of esters is 1. The van der Waals surface area contributed by atoms with Crippen LogP contribution in [-0.4, -0.2) is 60.6 Å². The van der Waals surface area contributed by atoms with E-state index < -0.39 is 52.8 Å². The summed E-state index contributed by atoms with van der Waals surface area (Å²) in [7, 11) is 0. The molecule has 3 aromatic carbocycles. The van der Waals surface area contributed by atoms with E-state index in [0.717, 1.165) is 10.0 Å². The number of Topliss-reactive ketones (excluding diaryl/α,β-unsaturated/α-hetero) is 1. The van der Waals surface area contributed by atoms with E-state index in [-0.39, 0.29) is 47.8 Å². The van der Waals surface area contributed by atoms with E-state index in [9.17, 15) is 34.1 Å². The van der Waals surface area contributed by atoms with E-state index in [4.69, 9.17) is 27.9 Å². The van der Waals surface area contributed by atoms with Gasteiger partial charge in [0.2, 0.25) is 0 Å². The maximum atomic E-state index is 13.8. The van der Waals surface area contributed by atoms with E-state index in [1.165, 1.54) is 66.7 Å². The summed E-state index contributed by atoms with van der Waals surface area (Å²) in [6.07, 6.45) is 0.721. The molecule has 0 radical (unpaired) electrons. The highest BCUT2D eigenvalue weighted by molar-refractivity contribution is 9.12. The minimum atomic E-state index is -0.843. The first-order chi connectivity index (χ1) is 21.3. The Morgan fingerprint density at radius 1 is 0.889 bits per heavy atom. The topological polar surface area (TPSA) is 144 Å². The number of hydrogen-bond donors (Lipinski definition) is 0. The molecular weight excluding hydrogens is 761 g/mol. The van der Waals surface area contributed by atoms with Gasteiger partial charge in [-0.2, -0.15) is 5.01 Å². The highest BCUT2D eigenvalue weighted by atomic mass is 79.9. The Kier molecular flexibility index (Phi) is 9.73. The number of nitro benzene ring substituents is 1. The van der Waals surface area contributed by atoms with Crippen molar-refractivity contribution in [1.29, 1.82) is 0 Å². The van der Waals surface area contributed by atoms with E-state index in [1.54, 1.807) is 0 Å². The molecule has 45 heavy (non-hydrogen) atoms. The number of hydrogen-bond acceptors (Lipinski definition) is 8. The molecule has 0 bridgehead atoms. The highest BCUT2D eigenvalue weighted by Crippen LogP contribution is 2.44. The number of halogens is 4. The zero-order chi connectivity index (χ0) is 32.6. The van der Waals surface area contributed by atoms with Crippen LogP contribution in [0.25, 0.3) is 0 Å². The lowest BCUT2D eigenvalue weighted by Gasteiger charge is -2.30. The number of alkyl halides is 2. The second kappa shape index (κ2) is 13.4. The molecule has 2 fully saturated rings. The van der Waals surface area contributed by atoms with E-state index >= 15 is 0 Å². The highest BCUT2D eigenvalue weighted by Gasteiger charge is 2.55. The third-order valence-corrected chi connectivity index (χ3v) is 10.8. The van der Waals surface area contributed by atoms with Crippen molar-refractivity contribution >= 4 is 90.2 Å². The van der Waals surface area contributed by atoms with Crippen LogP contribution in [0.4, 0.5) is 5.69 Å². The Hall–Kier alpha value is -3.65. The van der Waals surface area contributed by atoms with Gasteiger partial charge in [0.05, 0.1) is 32.9 Å². The molecule has 11 nitrogen and oxygen atoms in total. The van der Waals surface area contributed by atoms with Crippen LogP contribution in [0.15, 0.2) is 66.7 Å². The standard InChI is InChI=1S/C30H21Br2Cl2N3O8/c31-23-12-21-22(13-24(23)32)29(41)36(28(21)40)35(27(39)20-10-5-17(33)11-25(20)34)14-26(38)15-3-8-19(9-4-15)45-30(42)16-1-6-18(7-2-16)37(43)44/h1-11,21-24H,12-14H2/t21-,22+,23-,24-/m0/s1. The van der Waals surface area contributed by atoms with E-state index in [0.29, 0.717) is 12.8 Å². The number of amides is 3. The van der Waals surface area contributed by atoms with Gasteiger partial charge in [0.1, 0.15) is 12.3 Å². The maximum absolute atomic E-state index is 13.8. The van der Waals surface area contributed by atoms with E-state index in [1.807, 2.05) is 0 Å². The molecule has 1 aliphatic carbocycles. The molecule has 1 saturated heterocycles. The quantitative estimate of drug-likeness (QED) is 0.0494. The van der Waals surface area contributed by atoms with Gasteiger partial charge < -0.3 is 4.74 Å². The fourth-order valence-electron chi connectivity index (χ4n) is 5.17. The molecule has 1 saturated carbocycles. The number of carbonyl (C=O) groups is 5. The molecule has 0 spiro atoms. The van der Waals surface area contributed by atoms with E-state index in [2.05, 4.69) is 31.9 Å². The molecule has 0 aromatic heterocycles. The zero-order valence-electron chi connectivity index (χ0n) is 22.9. The Labute approximate surface area is 282 Å². The molecule has 1 aliphatic heterocycles. The SMILES string of the molecule is O=C(CN(C(=O)c1ccc(Cl)cc1Cl)N1C(=O)[C@H]2C[C@H](Br)[C@@H](Br)C[C@H]2C1=O)c1ccc(OC(=O)c2ccc([N+](=O)[O-])cc2)cc1. The first kappa shape index (κ1) is 32.7. The normalized spacial score (nSPS) is 20.8. The van der Waals surface area contributed by atoms with Crippen molar-refractivity contribution in [2.75, 3.05) is 6.54 Å². The second-order valence-electron chi connectivity index (χ2n) is 10.3. The number of benzene rings is 3. The molecule has 15 heteroatoms. The van der Waals surface area contributed by atoms with Crippen molar-refractivity contribution in [2.24, 2.45) is 11.8 Å². The largest absolute Gasteiger partial charge is 0.423 e. The fraction of sp³-hybridized carbons (Fsp3) is 0.233. The number of ether oxygens (including phenoxy) is 1. The minimum Gasteiger partial charge on any atom is -0.423 e. The van der Waals surface area contributed by atoms with Gasteiger partial charge in [-0.05, 0) is 67.4 Å². The Balaban J connectivity index is 1.38. The van der Waals surface area contributed by atoms with Crippen LogP contribution in [-0.2, 0) is 9.59 Å². The van der Waals surface area contributed by atoms with Crippen molar-refractivity contribution in [3.05, 3.63) is 104 Å². The molecule has 0 N–H and O–H groups in total. The third-order valence-electron chi connectivity index (χ3n) is 7.52. The lowest BCUT2D eigenvalue weighted by atomic mass is 9.81. The summed E-state index contributed by atoms with van der Waals surface area (Å²) in [5.41, 5.74) is -0.0676. The van der Waals surface area contributed by atoms with Gasteiger partial charge in [0.15, 0.2) is 5.78 Å². The van der Waals surface area contributed by atoms with Crippen LogP contribution in [0.2, 0.25) is 10.0 Å². The van der Waals surface area contributed by atoms with Gasteiger partial charge in [0, 0.05) is 32.4 Å². The predicted molar refractivity (Wildman–Crippen MR) is 170 cm³/mol. The summed E-state index contributed by atoms with van der Waals surface area (Å²) in [5, 5.41) is 12.7. The van der Waals surface area contributed by atoms with Crippen molar-refractivity contribution < 1.29 is 33.6 Å². The van der Waals surface area contributed by atoms with Crippen LogP contribution in [0.1, 0.15) is 43.9 Å².